The predicted molar refractivity (Wildman–Crippen MR) is 60.1 cm³/mol. The lowest BCUT2D eigenvalue weighted by atomic mass is 10.3. The Kier molecular flexibility index (Phi) is 5.04. The van der Waals surface area contributed by atoms with E-state index >= 15 is 0 Å². The fourth-order valence-corrected chi connectivity index (χ4v) is 1.64. The number of phenols is 1. The van der Waals surface area contributed by atoms with E-state index in [9.17, 15) is 4.79 Å². The van der Waals surface area contributed by atoms with Gasteiger partial charge in [-0.2, -0.15) is 0 Å². The number of hydrogen-bond donors (Lipinski definition) is 1. The fourth-order valence-electron chi connectivity index (χ4n) is 0.942. The minimum Gasteiger partial charge on any atom is -0.508 e. The molecule has 0 aromatic heterocycles. The molecule has 0 aliphatic carbocycles. The summed E-state index contributed by atoms with van der Waals surface area (Å²) in [4.78, 5) is 12.1. The molecule has 4 heteroatoms. The smallest absolute Gasteiger partial charge is 0.316 e. The molecule has 0 aliphatic heterocycles. The van der Waals surface area contributed by atoms with Crippen LogP contribution in [0.1, 0.15) is 13.3 Å². The number of rotatable bonds is 5. The van der Waals surface area contributed by atoms with Gasteiger partial charge in [-0.15, -0.1) is 11.8 Å². The Balaban J connectivity index is 2.30. The first-order valence-corrected chi connectivity index (χ1v) is 5.78. The predicted octanol–water partition coefficient (Wildman–Crippen LogP) is 2.44. The highest BCUT2D eigenvalue weighted by molar-refractivity contribution is 8.00. The molecule has 1 aromatic rings. The third-order valence-corrected chi connectivity index (χ3v) is 2.65. The normalized spacial score (nSPS) is 9.93. The number of esters is 1. The number of thioether (sulfide) groups is 1. The van der Waals surface area contributed by atoms with Gasteiger partial charge in [0.15, 0.2) is 0 Å². The minimum absolute atomic E-state index is 0.199. The lowest BCUT2D eigenvalue weighted by molar-refractivity contribution is -0.140. The molecule has 0 aliphatic rings. The van der Waals surface area contributed by atoms with Gasteiger partial charge in [-0.25, -0.2) is 0 Å². The van der Waals surface area contributed by atoms with Crippen molar-refractivity contribution >= 4 is 17.7 Å². The van der Waals surface area contributed by atoms with Crippen LogP contribution in [0.5, 0.6) is 5.75 Å². The van der Waals surface area contributed by atoms with Gasteiger partial charge in [0, 0.05) is 4.90 Å². The van der Waals surface area contributed by atoms with Crippen molar-refractivity contribution in [3.8, 4) is 5.75 Å². The zero-order chi connectivity index (χ0) is 11.1. The molecule has 0 unspecified atom stereocenters. The Hall–Kier alpha value is -1.16. The van der Waals surface area contributed by atoms with E-state index in [0.29, 0.717) is 12.4 Å². The van der Waals surface area contributed by atoms with Crippen LogP contribution in [0.15, 0.2) is 29.2 Å². The standard InChI is InChI=1S/C11H14O3S/c1-2-7-14-11(13)8-15-10-5-3-9(12)4-6-10/h3-6,12H,2,7-8H2,1H3. The Bertz CT molecular complexity index is 308. The monoisotopic (exact) mass is 226 g/mol. The molecule has 0 spiro atoms. The first kappa shape index (κ1) is 11.9. The van der Waals surface area contributed by atoms with Crippen molar-refractivity contribution in [3.63, 3.8) is 0 Å². The van der Waals surface area contributed by atoms with Crippen LogP contribution in [0.3, 0.4) is 0 Å². The maximum Gasteiger partial charge on any atom is 0.316 e. The Morgan fingerprint density at radius 2 is 2.07 bits per heavy atom. The maximum absolute atomic E-state index is 11.1. The summed E-state index contributed by atoms with van der Waals surface area (Å²) >= 11 is 1.40. The summed E-state index contributed by atoms with van der Waals surface area (Å²) in [6.45, 7) is 2.44. The molecule has 0 atom stereocenters. The van der Waals surface area contributed by atoms with E-state index in [0.717, 1.165) is 11.3 Å². The van der Waals surface area contributed by atoms with Gasteiger partial charge in [-0.05, 0) is 30.7 Å². The Morgan fingerprint density at radius 3 is 2.67 bits per heavy atom. The van der Waals surface area contributed by atoms with E-state index in [1.165, 1.54) is 11.8 Å². The van der Waals surface area contributed by atoms with E-state index in [1.54, 1.807) is 24.3 Å². The summed E-state index contributed by atoms with van der Waals surface area (Å²) in [5, 5.41) is 9.05. The highest BCUT2D eigenvalue weighted by Crippen LogP contribution is 2.20. The van der Waals surface area contributed by atoms with Crippen molar-refractivity contribution < 1.29 is 14.6 Å². The molecule has 15 heavy (non-hydrogen) atoms. The highest BCUT2D eigenvalue weighted by Gasteiger charge is 2.03. The zero-order valence-electron chi connectivity index (χ0n) is 8.60. The van der Waals surface area contributed by atoms with Crippen molar-refractivity contribution in [1.29, 1.82) is 0 Å². The number of benzene rings is 1. The zero-order valence-corrected chi connectivity index (χ0v) is 9.42. The molecule has 3 nitrogen and oxygen atoms in total. The number of hydrogen-bond acceptors (Lipinski definition) is 4. The van der Waals surface area contributed by atoms with E-state index < -0.39 is 0 Å². The second kappa shape index (κ2) is 6.35. The quantitative estimate of drug-likeness (QED) is 0.618. The van der Waals surface area contributed by atoms with E-state index in [2.05, 4.69) is 0 Å². The summed E-state index contributed by atoms with van der Waals surface area (Å²) in [6, 6.07) is 6.74. The van der Waals surface area contributed by atoms with Gasteiger partial charge >= 0.3 is 5.97 Å². The molecular formula is C11H14O3S. The van der Waals surface area contributed by atoms with Crippen LogP contribution in [0.2, 0.25) is 0 Å². The van der Waals surface area contributed by atoms with E-state index in [1.807, 2.05) is 6.92 Å². The van der Waals surface area contributed by atoms with Gasteiger partial charge in [0.1, 0.15) is 5.75 Å². The van der Waals surface area contributed by atoms with Gasteiger partial charge in [-0.1, -0.05) is 6.92 Å². The van der Waals surface area contributed by atoms with Crippen LogP contribution >= 0.6 is 11.8 Å². The SMILES string of the molecule is CCCOC(=O)CSc1ccc(O)cc1. The molecule has 1 N–H and O–H groups in total. The van der Waals surface area contributed by atoms with Gasteiger partial charge in [0.2, 0.25) is 0 Å². The van der Waals surface area contributed by atoms with Gasteiger partial charge in [0.25, 0.3) is 0 Å². The van der Waals surface area contributed by atoms with Gasteiger partial charge < -0.3 is 9.84 Å². The Labute approximate surface area is 93.4 Å². The average molecular weight is 226 g/mol. The maximum atomic E-state index is 11.1. The summed E-state index contributed by atoms with van der Waals surface area (Å²) < 4.78 is 4.93. The molecular weight excluding hydrogens is 212 g/mol. The molecule has 0 saturated heterocycles. The van der Waals surface area contributed by atoms with Crippen molar-refractivity contribution in [3.05, 3.63) is 24.3 Å². The largest absolute Gasteiger partial charge is 0.508 e. The number of ether oxygens (including phenoxy) is 1. The second-order valence-electron chi connectivity index (χ2n) is 3.00. The van der Waals surface area contributed by atoms with Crippen molar-refractivity contribution in [2.75, 3.05) is 12.4 Å². The summed E-state index contributed by atoms with van der Waals surface area (Å²) in [5.74, 6) is 0.341. The molecule has 0 fully saturated rings. The number of carbonyl (C=O) groups is 1. The van der Waals surface area contributed by atoms with Crippen LogP contribution in [0, 0.1) is 0 Å². The third-order valence-electron chi connectivity index (χ3n) is 1.66. The molecule has 0 radical (unpaired) electrons. The number of aromatic hydroxyl groups is 1. The van der Waals surface area contributed by atoms with E-state index in [4.69, 9.17) is 9.84 Å². The highest BCUT2D eigenvalue weighted by atomic mass is 32.2. The van der Waals surface area contributed by atoms with Gasteiger partial charge in [-0.3, -0.25) is 4.79 Å². The lowest BCUT2D eigenvalue weighted by Gasteiger charge is -2.03. The molecule has 0 heterocycles. The molecule has 0 saturated carbocycles. The minimum atomic E-state index is -0.199. The number of carbonyl (C=O) groups excluding carboxylic acids is 1. The first-order chi connectivity index (χ1) is 7.22. The second-order valence-corrected chi connectivity index (χ2v) is 4.05. The summed E-state index contributed by atoms with van der Waals surface area (Å²) in [5.41, 5.74) is 0. The summed E-state index contributed by atoms with van der Waals surface area (Å²) in [6.07, 6.45) is 0.843. The molecule has 1 aromatic carbocycles. The van der Waals surface area contributed by atoms with Crippen LogP contribution in [0.25, 0.3) is 0 Å². The van der Waals surface area contributed by atoms with Crippen molar-refractivity contribution in [2.24, 2.45) is 0 Å². The fraction of sp³-hybridized carbons (Fsp3) is 0.364. The lowest BCUT2D eigenvalue weighted by Crippen LogP contribution is -2.07. The van der Waals surface area contributed by atoms with Crippen LogP contribution in [-0.2, 0) is 9.53 Å². The van der Waals surface area contributed by atoms with Crippen molar-refractivity contribution in [2.45, 2.75) is 18.2 Å². The molecule has 1 rings (SSSR count). The third kappa shape index (κ3) is 4.74. The van der Waals surface area contributed by atoms with Crippen LogP contribution in [-0.4, -0.2) is 23.4 Å². The molecule has 82 valence electrons. The van der Waals surface area contributed by atoms with Crippen LogP contribution in [0.4, 0.5) is 0 Å². The van der Waals surface area contributed by atoms with Crippen LogP contribution < -0.4 is 0 Å². The van der Waals surface area contributed by atoms with E-state index in [-0.39, 0.29) is 11.7 Å². The topological polar surface area (TPSA) is 46.5 Å². The average Bonchev–Trinajstić information content (AvgIpc) is 2.25. The molecule has 0 bridgehead atoms. The molecule has 0 amide bonds. The summed E-state index contributed by atoms with van der Waals surface area (Å²) in [7, 11) is 0. The number of phenolic OH excluding ortho intramolecular Hbond substituents is 1. The van der Waals surface area contributed by atoms with Crippen molar-refractivity contribution in [1.82, 2.24) is 0 Å². The first-order valence-electron chi connectivity index (χ1n) is 4.80. The van der Waals surface area contributed by atoms with Gasteiger partial charge in [0.05, 0.1) is 12.4 Å². The Morgan fingerprint density at radius 1 is 1.40 bits per heavy atom.